The molecule has 7 heteroatoms. The summed E-state index contributed by atoms with van der Waals surface area (Å²) >= 11 is 6.13. The number of ether oxygens (including phenoxy) is 1. The van der Waals surface area contributed by atoms with Gasteiger partial charge in [-0.15, -0.1) is 0 Å². The maximum Gasteiger partial charge on any atom is 0.168 e. The number of aromatic nitrogens is 2. The molecule has 0 unspecified atom stereocenters. The average Bonchev–Trinajstić information content (AvgIpc) is 3.28. The molecule has 0 aliphatic rings. The first-order chi connectivity index (χ1) is 12.7. The lowest BCUT2D eigenvalue weighted by molar-refractivity contribution is 0.373. The van der Waals surface area contributed by atoms with Crippen molar-refractivity contribution < 1.29 is 14.3 Å². The van der Waals surface area contributed by atoms with Gasteiger partial charge in [-0.3, -0.25) is 4.40 Å². The fourth-order valence-electron chi connectivity index (χ4n) is 2.62. The van der Waals surface area contributed by atoms with Gasteiger partial charge in [0.2, 0.25) is 0 Å². The van der Waals surface area contributed by atoms with Crippen LogP contribution < -0.4 is 4.74 Å². The van der Waals surface area contributed by atoms with Crippen molar-refractivity contribution in [3.63, 3.8) is 0 Å². The number of halogens is 1. The molecule has 0 atom stereocenters. The molecule has 3 heterocycles. The number of benzene rings is 1. The van der Waals surface area contributed by atoms with Crippen LogP contribution in [-0.4, -0.2) is 27.8 Å². The number of rotatable bonds is 4. The molecular weight excluding hydrogens is 354 g/mol. The van der Waals surface area contributed by atoms with Crippen molar-refractivity contribution in [2.24, 2.45) is 4.99 Å². The molecular formula is C19H14ClN3O3. The topological polar surface area (TPSA) is 72.3 Å². The number of nitrogens with zero attached hydrogens (tertiary/aromatic N) is 3. The summed E-state index contributed by atoms with van der Waals surface area (Å²) in [7, 11) is 1.50. The molecule has 1 aromatic carbocycles. The lowest BCUT2D eigenvalue weighted by Gasteiger charge is -2.03. The molecule has 0 bridgehead atoms. The lowest BCUT2D eigenvalue weighted by Crippen LogP contribution is -1.88. The number of imidazole rings is 1. The van der Waals surface area contributed by atoms with Crippen molar-refractivity contribution >= 4 is 29.3 Å². The van der Waals surface area contributed by atoms with E-state index >= 15 is 0 Å². The van der Waals surface area contributed by atoms with E-state index in [1.54, 1.807) is 53.4 Å². The predicted octanol–water partition coefficient (Wildman–Crippen LogP) is 4.71. The maximum absolute atomic E-state index is 9.72. The maximum atomic E-state index is 9.72. The summed E-state index contributed by atoms with van der Waals surface area (Å²) in [5.74, 6) is 1.65. The minimum Gasteiger partial charge on any atom is -0.504 e. The zero-order valence-corrected chi connectivity index (χ0v) is 14.5. The molecule has 0 aliphatic heterocycles. The highest BCUT2D eigenvalue weighted by Gasteiger charge is 2.15. The number of hydrogen-bond donors (Lipinski definition) is 1. The summed E-state index contributed by atoms with van der Waals surface area (Å²) in [6.07, 6.45) is 5.00. The van der Waals surface area contributed by atoms with Crippen LogP contribution in [0.15, 0.2) is 64.3 Å². The summed E-state index contributed by atoms with van der Waals surface area (Å²) in [6, 6.07) is 12.2. The summed E-state index contributed by atoms with van der Waals surface area (Å²) in [5, 5.41) is 10.3. The number of furan rings is 1. The van der Waals surface area contributed by atoms with Crippen LogP contribution in [0.1, 0.15) is 5.56 Å². The third-order valence-electron chi connectivity index (χ3n) is 3.85. The van der Waals surface area contributed by atoms with E-state index in [4.69, 9.17) is 20.8 Å². The first kappa shape index (κ1) is 16.2. The molecule has 6 nitrogen and oxygen atoms in total. The lowest BCUT2D eigenvalue weighted by atomic mass is 10.2. The van der Waals surface area contributed by atoms with Gasteiger partial charge in [0.15, 0.2) is 28.8 Å². The summed E-state index contributed by atoms with van der Waals surface area (Å²) in [5.41, 5.74) is 2.08. The SMILES string of the molecule is COc1cc(C=Nc2c(-c3ccco3)nc3ccc(Cl)cn23)ccc1O. The highest BCUT2D eigenvalue weighted by atomic mass is 35.5. The van der Waals surface area contributed by atoms with Gasteiger partial charge in [0, 0.05) is 12.4 Å². The number of aliphatic imine (C=N–C) groups is 1. The van der Waals surface area contributed by atoms with Crippen molar-refractivity contribution in [1.82, 2.24) is 9.38 Å². The largest absolute Gasteiger partial charge is 0.504 e. The Balaban J connectivity index is 1.84. The monoisotopic (exact) mass is 367 g/mol. The smallest absolute Gasteiger partial charge is 0.168 e. The Morgan fingerprint density at radius 2 is 2.15 bits per heavy atom. The van der Waals surface area contributed by atoms with E-state index in [9.17, 15) is 5.11 Å². The van der Waals surface area contributed by atoms with E-state index in [2.05, 4.69) is 9.98 Å². The van der Waals surface area contributed by atoms with Gasteiger partial charge in [-0.1, -0.05) is 11.6 Å². The van der Waals surface area contributed by atoms with Crippen LogP contribution in [0.2, 0.25) is 5.02 Å². The Labute approximate surface area is 154 Å². The summed E-state index contributed by atoms with van der Waals surface area (Å²) < 4.78 is 12.4. The number of hydrogen-bond acceptors (Lipinski definition) is 5. The van der Waals surface area contributed by atoms with Crippen LogP contribution in [0, 0.1) is 0 Å². The van der Waals surface area contributed by atoms with E-state index < -0.39 is 0 Å². The molecule has 1 N–H and O–H groups in total. The molecule has 4 rings (SSSR count). The van der Waals surface area contributed by atoms with Gasteiger partial charge >= 0.3 is 0 Å². The van der Waals surface area contributed by atoms with Crippen molar-refractivity contribution in [1.29, 1.82) is 0 Å². The molecule has 0 spiro atoms. The molecule has 0 fully saturated rings. The van der Waals surface area contributed by atoms with Gasteiger partial charge in [-0.25, -0.2) is 9.98 Å². The standard InChI is InChI=1S/C19H14ClN3O3/c1-25-16-9-12(4-6-14(16)24)10-21-19-18(15-3-2-8-26-15)22-17-7-5-13(20)11-23(17)19/h2-11,24H,1H3. The van der Waals surface area contributed by atoms with E-state index in [1.165, 1.54) is 7.11 Å². The molecule has 0 radical (unpaired) electrons. The predicted molar refractivity (Wildman–Crippen MR) is 99.8 cm³/mol. The molecule has 0 saturated heterocycles. The summed E-state index contributed by atoms with van der Waals surface area (Å²) in [6.45, 7) is 0. The van der Waals surface area contributed by atoms with Crippen molar-refractivity contribution in [2.75, 3.05) is 7.11 Å². The molecule has 26 heavy (non-hydrogen) atoms. The highest BCUT2D eigenvalue weighted by Crippen LogP contribution is 2.32. The Kier molecular flexibility index (Phi) is 4.10. The molecule has 0 saturated carbocycles. The second-order valence-electron chi connectivity index (χ2n) is 5.53. The molecule has 3 aromatic heterocycles. The van der Waals surface area contributed by atoms with Crippen LogP contribution in [0.3, 0.4) is 0 Å². The van der Waals surface area contributed by atoms with Gasteiger partial charge in [0.25, 0.3) is 0 Å². The zero-order valence-electron chi connectivity index (χ0n) is 13.8. The first-order valence-electron chi connectivity index (χ1n) is 7.78. The third kappa shape index (κ3) is 2.91. The van der Waals surface area contributed by atoms with Gasteiger partial charge in [-0.2, -0.15) is 0 Å². The van der Waals surface area contributed by atoms with Crippen LogP contribution in [0.5, 0.6) is 11.5 Å². The van der Waals surface area contributed by atoms with E-state index in [1.807, 2.05) is 12.1 Å². The minimum atomic E-state index is 0.0718. The quantitative estimate of drug-likeness (QED) is 0.530. The van der Waals surface area contributed by atoms with E-state index in [0.717, 1.165) is 5.56 Å². The van der Waals surface area contributed by atoms with E-state index in [-0.39, 0.29) is 5.75 Å². The molecule has 0 amide bonds. The first-order valence-corrected chi connectivity index (χ1v) is 8.16. The van der Waals surface area contributed by atoms with Crippen LogP contribution >= 0.6 is 11.6 Å². The van der Waals surface area contributed by atoms with Gasteiger partial charge < -0.3 is 14.3 Å². The van der Waals surface area contributed by atoms with Crippen LogP contribution in [0.25, 0.3) is 17.1 Å². The normalized spacial score (nSPS) is 11.5. The Hall–Kier alpha value is -3.25. The van der Waals surface area contributed by atoms with E-state index in [0.29, 0.717) is 33.7 Å². The zero-order chi connectivity index (χ0) is 18.1. The van der Waals surface area contributed by atoms with Gasteiger partial charge in [0.1, 0.15) is 5.65 Å². The van der Waals surface area contributed by atoms with Crippen molar-refractivity contribution in [3.8, 4) is 23.0 Å². The molecule has 130 valence electrons. The minimum absolute atomic E-state index is 0.0718. The Morgan fingerprint density at radius 3 is 2.92 bits per heavy atom. The van der Waals surface area contributed by atoms with Gasteiger partial charge in [-0.05, 0) is 48.0 Å². The fraction of sp³-hybridized carbons (Fsp3) is 0.0526. The highest BCUT2D eigenvalue weighted by molar-refractivity contribution is 6.30. The van der Waals surface area contributed by atoms with Crippen molar-refractivity contribution in [2.45, 2.75) is 0 Å². The second-order valence-corrected chi connectivity index (χ2v) is 5.96. The second kappa shape index (κ2) is 6.57. The Bertz CT molecular complexity index is 1100. The number of phenols is 1. The molecule has 0 aliphatic carbocycles. The number of fused-ring (bicyclic) bond motifs is 1. The summed E-state index contributed by atoms with van der Waals surface area (Å²) in [4.78, 5) is 9.17. The number of phenolic OH excluding ortho intramolecular Hbond substituents is 1. The average molecular weight is 368 g/mol. The van der Waals surface area contributed by atoms with Gasteiger partial charge in [0.05, 0.1) is 18.4 Å². The number of pyridine rings is 1. The van der Waals surface area contributed by atoms with Crippen LogP contribution in [-0.2, 0) is 0 Å². The number of aromatic hydroxyl groups is 1. The third-order valence-corrected chi connectivity index (χ3v) is 4.08. The van der Waals surface area contributed by atoms with Crippen molar-refractivity contribution in [3.05, 3.63) is 65.5 Å². The van der Waals surface area contributed by atoms with Crippen LogP contribution in [0.4, 0.5) is 5.82 Å². The molecule has 4 aromatic rings. The number of methoxy groups -OCH3 is 1. The fourth-order valence-corrected chi connectivity index (χ4v) is 2.78. The Morgan fingerprint density at radius 1 is 1.27 bits per heavy atom.